The van der Waals surface area contributed by atoms with Crippen molar-refractivity contribution in [2.45, 2.75) is 52.7 Å². The van der Waals surface area contributed by atoms with Crippen molar-refractivity contribution in [1.29, 1.82) is 0 Å². The second-order valence-electron chi connectivity index (χ2n) is 4.34. The van der Waals surface area contributed by atoms with Gasteiger partial charge in [0, 0.05) is 6.54 Å². The molecule has 0 spiro atoms. The second kappa shape index (κ2) is 8.12. The number of aliphatic hydroxyl groups excluding tert-OH is 1. The molecule has 1 N–H and O–H groups in total. The van der Waals surface area contributed by atoms with Crippen LogP contribution in [0.5, 0.6) is 0 Å². The SMILES string of the molecule is CC.CC(O)CCCCn1sc2ccccc2c1=O. The maximum atomic E-state index is 12.0. The van der Waals surface area contributed by atoms with E-state index in [0.29, 0.717) is 0 Å². The summed E-state index contributed by atoms with van der Waals surface area (Å²) in [6.45, 7) is 6.55. The van der Waals surface area contributed by atoms with E-state index in [0.717, 1.165) is 35.9 Å². The van der Waals surface area contributed by atoms with Crippen LogP contribution >= 0.6 is 11.5 Å². The van der Waals surface area contributed by atoms with Crippen molar-refractivity contribution in [3.63, 3.8) is 0 Å². The first-order chi connectivity index (χ1) is 9.18. The largest absolute Gasteiger partial charge is 0.393 e. The number of aryl methyl sites for hydroxylation is 1. The van der Waals surface area contributed by atoms with Gasteiger partial charge in [-0.25, -0.2) is 0 Å². The topological polar surface area (TPSA) is 42.2 Å². The lowest BCUT2D eigenvalue weighted by Crippen LogP contribution is -2.13. The molecule has 0 radical (unpaired) electrons. The summed E-state index contributed by atoms with van der Waals surface area (Å²) in [5.41, 5.74) is 0.114. The van der Waals surface area contributed by atoms with Gasteiger partial charge in [-0.05, 0) is 38.3 Å². The molecule has 0 amide bonds. The number of hydrogen-bond donors (Lipinski definition) is 1. The Bertz CT molecular complexity index is 542. The Kier molecular flexibility index (Phi) is 6.81. The van der Waals surface area contributed by atoms with Crippen LogP contribution in [0.3, 0.4) is 0 Å². The molecule has 3 nitrogen and oxygen atoms in total. The summed E-state index contributed by atoms with van der Waals surface area (Å²) in [5, 5.41) is 9.97. The van der Waals surface area contributed by atoms with Gasteiger partial charge in [-0.1, -0.05) is 37.5 Å². The zero-order valence-electron chi connectivity index (χ0n) is 11.9. The predicted molar refractivity (Wildman–Crippen MR) is 83.0 cm³/mol. The number of hydrogen-bond acceptors (Lipinski definition) is 3. The van der Waals surface area contributed by atoms with E-state index in [4.69, 9.17) is 5.11 Å². The Morgan fingerprint density at radius 1 is 1.26 bits per heavy atom. The maximum absolute atomic E-state index is 12.0. The lowest BCUT2D eigenvalue weighted by molar-refractivity contribution is 0.180. The van der Waals surface area contributed by atoms with Gasteiger partial charge in [0.2, 0.25) is 0 Å². The highest BCUT2D eigenvalue weighted by Gasteiger charge is 2.06. The fraction of sp³-hybridized carbons (Fsp3) is 0.533. The van der Waals surface area contributed by atoms with Crippen LogP contribution in [-0.2, 0) is 6.54 Å². The van der Waals surface area contributed by atoms with Crippen molar-refractivity contribution in [2.24, 2.45) is 0 Å². The van der Waals surface area contributed by atoms with E-state index in [1.54, 1.807) is 6.92 Å². The predicted octanol–water partition coefficient (Wildman–Crippen LogP) is 3.64. The monoisotopic (exact) mass is 281 g/mol. The quantitative estimate of drug-likeness (QED) is 0.850. The average Bonchev–Trinajstić information content (AvgIpc) is 2.74. The molecule has 2 rings (SSSR count). The van der Waals surface area contributed by atoms with Crippen LogP contribution in [0, 0.1) is 0 Å². The van der Waals surface area contributed by atoms with Crippen LogP contribution in [0.4, 0.5) is 0 Å². The molecular weight excluding hydrogens is 258 g/mol. The van der Waals surface area contributed by atoms with Gasteiger partial charge in [-0.3, -0.25) is 8.75 Å². The molecule has 0 saturated heterocycles. The Morgan fingerprint density at radius 3 is 2.58 bits per heavy atom. The fourth-order valence-corrected chi connectivity index (χ4v) is 2.89. The third-order valence-corrected chi connectivity index (χ3v) is 3.91. The molecule has 0 fully saturated rings. The minimum atomic E-state index is -0.242. The first-order valence-corrected chi connectivity index (χ1v) is 7.73. The van der Waals surface area contributed by atoms with E-state index in [1.807, 2.05) is 42.1 Å². The van der Waals surface area contributed by atoms with E-state index in [9.17, 15) is 4.79 Å². The van der Waals surface area contributed by atoms with Gasteiger partial charge in [0.05, 0.1) is 16.2 Å². The first kappa shape index (κ1) is 15.9. The van der Waals surface area contributed by atoms with E-state index in [1.165, 1.54) is 11.5 Å². The molecule has 1 aromatic heterocycles. The van der Waals surface area contributed by atoms with Gasteiger partial charge < -0.3 is 5.11 Å². The Morgan fingerprint density at radius 2 is 1.95 bits per heavy atom. The molecule has 0 saturated carbocycles. The summed E-state index contributed by atoms with van der Waals surface area (Å²) in [5.74, 6) is 0. The zero-order chi connectivity index (χ0) is 14.3. The normalized spacial score (nSPS) is 12.0. The molecule has 1 heterocycles. The fourth-order valence-electron chi connectivity index (χ4n) is 1.86. The van der Waals surface area contributed by atoms with E-state index >= 15 is 0 Å². The summed E-state index contributed by atoms with van der Waals surface area (Å²) in [7, 11) is 0. The molecule has 19 heavy (non-hydrogen) atoms. The van der Waals surface area contributed by atoms with Crippen LogP contribution in [0.1, 0.15) is 40.0 Å². The highest BCUT2D eigenvalue weighted by atomic mass is 32.1. The standard InChI is InChI=1S/C13H17NO2S.C2H6/c1-10(15)6-4-5-9-14-13(16)11-7-2-3-8-12(11)17-14;1-2/h2-3,7-8,10,15H,4-6,9H2,1H3;1-2H3. The van der Waals surface area contributed by atoms with E-state index in [2.05, 4.69) is 0 Å². The van der Waals surface area contributed by atoms with Crippen molar-refractivity contribution in [1.82, 2.24) is 3.96 Å². The summed E-state index contributed by atoms with van der Waals surface area (Å²) < 4.78 is 2.86. The Hall–Kier alpha value is -1.13. The number of fused-ring (bicyclic) bond motifs is 1. The number of aliphatic hydroxyl groups is 1. The van der Waals surface area contributed by atoms with E-state index < -0.39 is 0 Å². The molecule has 4 heteroatoms. The minimum Gasteiger partial charge on any atom is -0.393 e. The van der Waals surface area contributed by atoms with Crippen LogP contribution < -0.4 is 5.56 Å². The molecular formula is C15H23NO2S. The van der Waals surface area contributed by atoms with Crippen LogP contribution in [0.15, 0.2) is 29.1 Å². The lowest BCUT2D eigenvalue weighted by atomic mass is 10.2. The second-order valence-corrected chi connectivity index (χ2v) is 5.40. The van der Waals surface area contributed by atoms with Gasteiger partial charge in [-0.15, -0.1) is 0 Å². The number of nitrogens with zero attached hydrogens (tertiary/aromatic N) is 1. The third kappa shape index (κ3) is 4.48. The van der Waals surface area contributed by atoms with E-state index in [-0.39, 0.29) is 11.7 Å². The number of rotatable bonds is 5. The van der Waals surface area contributed by atoms with Crippen molar-refractivity contribution in [3.05, 3.63) is 34.6 Å². The van der Waals surface area contributed by atoms with Crippen LogP contribution in [0.25, 0.3) is 10.1 Å². The van der Waals surface area contributed by atoms with Crippen LogP contribution in [0.2, 0.25) is 0 Å². The molecule has 0 aliphatic rings. The molecule has 0 bridgehead atoms. The number of unbranched alkanes of at least 4 members (excludes halogenated alkanes) is 1. The molecule has 0 aliphatic heterocycles. The zero-order valence-corrected chi connectivity index (χ0v) is 12.7. The summed E-state index contributed by atoms with van der Waals surface area (Å²) in [4.78, 5) is 12.0. The van der Waals surface area contributed by atoms with Crippen molar-refractivity contribution < 1.29 is 5.11 Å². The van der Waals surface area contributed by atoms with Gasteiger partial charge in [-0.2, -0.15) is 0 Å². The average molecular weight is 281 g/mol. The minimum absolute atomic E-state index is 0.114. The van der Waals surface area contributed by atoms with Gasteiger partial charge in [0.15, 0.2) is 0 Å². The molecule has 106 valence electrons. The van der Waals surface area contributed by atoms with Crippen LogP contribution in [-0.4, -0.2) is 15.2 Å². The third-order valence-electron chi connectivity index (χ3n) is 2.79. The summed E-state index contributed by atoms with van der Waals surface area (Å²) >= 11 is 1.52. The molecule has 1 atom stereocenters. The van der Waals surface area contributed by atoms with Gasteiger partial charge >= 0.3 is 0 Å². The number of aromatic nitrogens is 1. The molecule has 0 aliphatic carbocycles. The first-order valence-electron chi connectivity index (χ1n) is 6.95. The van der Waals surface area contributed by atoms with Gasteiger partial charge in [0.1, 0.15) is 0 Å². The number of benzene rings is 1. The summed E-state index contributed by atoms with van der Waals surface area (Å²) in [6.07, 6.45) is 2.46. The molecule has 2 aromatic rings. The highest BCUT2D eigenvalue weighted by Crippen LogP contribution is 2.16. The molecule has 1 aromatic carbocycles. The van der Waals surface area contributed by atoms with Crippen molar-refractivity contribution in [2.75, 3.05) is 0 Å². The Labute approximate surface area is 118 Å². The molecule has 1 unspecified atom stereocenters. The van der Waals surface area contributed by atoms with Crippen molar-refractivity contribution >= 4 is 21.6 Å². The smallest absolute Gasteiger partial charge is 0.268 e. The highest BCUT2D eigenvalue weighted by molar-refractivity contribution is 7.13. The maximum Gasteiger partial charge on any atom is 0.268 e. The summed E-state index contributed by atoms with van der Waals surface area (Å²) in [6, 6.07) is 7.71. The van der Waals surface area contributed by atoms with Gasteiger partial charge in [0.25, 0.3) is 5.56 Å². The van der Waals surface area contributed by atoms with Crippen molar-refractivity contribution in [3.8, 4) is 0 Å². The lowest BCUT2D eigenvalue weighted by Gasteiger charge is -2.03. The Balaban J connectivity index is 0.000000861.